The van der Waals surface area contributed by atoms with E-state index in [4.69, 9.17) is 0 Å². The lowest BCUT2D eigenvalue weighted by molar-refractivity contribution is -0.384. The van der Waals surface area contributed by atoms with Crippen LogP contribution in [0.3, 0.4) is 0 Å². The summed E-state index contributed by atoms with van der Waals surface area (Å²) in [6, 6.07) is 22.6. The first kappa shape index (κ1) is 29.8. The van der Waals surface area contributed by atoms with Crippen molar-refractivity contribution in [3.63, 3.8) is 0 Å². The van der Waals surface area contributed by atoms with Gasteiger partial charge in [-0.2, -0.15) is 0 Å². The summed E-state index contributed by atoms with van der Waals surface area (Å²) in [6.45, 7) is 10.3. The van der Waals surface area contributed by atoms with Gasteiger partial charge in [-0.25, -0.2) is 0 Å². The largest absolute Gasteiger partial charge is 0.379 e. The Morgan fingerprint density at radius 2 is 1.73 bits per heavy atom. The van der Waals surface area contributed by atoms with Gasteiger partial charge in [0.1, 0.15) is 5.69 Å². The second kappa shape index (κ2) is 15.0. The summed E-state index contributed by atoms with van der Waals surface area (Å²) in [5.74, 6) is 1.26. The Labute approximate surface area is 245 Å². The van der Waals surface area contributed by atoms with E-state index in [0.29, 0.717) is 22.7 Å². The Morgan fingerprint density at radius 3 is 2.40 bits per heavy atom. The predicted molar refractivity (Wildman–Crippen MR) is 167 cm³/mol. The lowest BCUT2D eigenvalue weighted by atomic mass is 10.1. The zero-order chi connectivity index (χ0) is 28.3. The van der Waals surface area contributed by atoms with E-state index in [1.54, 1.807) is 23.9 Å². The minimum absolute atomic E-state index is 0.0161. The molecule has 3 aromatic rings. The van der Waals surface area contributed by atoms with Gasteiger partial charge < -0.3 is 10.2 Å². The van der Waals surface area contributed by atoms with Crippen LogP contribution in [0, 0.1) is 16.0 Å². The summed E-state index contributed by atoms with van der Waals surface area (Å²) < 4.78 is 2.81. The van der Waals surface area contributed by atoms with Crippen molar-refractivity contribution in [1.29, 1.82) is 0 Å². The van der Waals surface area contributed by atoms with Gasteiger partial charge in [0.25, 0.3) is 11.6 Å². The van der Waals surface area contributed by atoms with Crippen molar-refractivity contribution < 1.29 is 9.72 Å². The predicted octanol–water partition coefficient (Wildman–Crippen LogP) is 6.40. The molecule has 0 spiro atoms. The average Bonchev–Trinajstić information content (AvgIpc) is 2.99. The second-order valence-corrected chi connectivity index (χ2v) is 12.0. The quantitative estimate of drug-likeness (QED) is 0.0790. The molecule has 1 heterocycles. The molecule has 0 saturated carbocycles. The highest BCUT2D eigenvalue weighted by Crippen LogP contribution is 2.30. The Kier molecular flexibility index (Phi) is 11.1. The highest BCUT2D eigenvalue weighted by Gasteiger charge is 2.19. The summed E-state index contributed by atoms with van der Waals surface area (Å²) in [7, 11) is 0. The maximum Gasteiger partial charge on any atom is 0.293 e. The molecule has 0 aliphatic carbocycles. The van der Waals surface area contributed by atoms with Crippen LogP contribution in [0.5, 0.6) is 0 Å². The number of piperazine rings is 1. The van der Waals surface area contributed by atoms with Crippen LogP contribution in [0.4, 0.5) is 17.1 Å². The number of anilines is 2. The number of hydrogen-bond acceptors (Lipinski definition) is 8. The maximum atomic E-state index is 12.8. The lowest BCUT2D eigenvalue weighted by Gasteiger charge is -2.37. The fourth-order valence-electron chi connectivity index (χ4n) is 4.49. The second-order valence-electron chi connectivity index (χ2n) is 9.91. The monoisotopic (exact) mass is 579 g/mol. The molecule has 10 heteroatoms. The molecule has 1 aliphatic heterocycles. The number of nitro benzene ring substituents is 1. The van der Waals surface area contributed by atoms with Gasteiger partial charge in [-0.1, -0.05) is 38.5 Å². The minimum Gasteiger partial charge on any atom is -0.379 e. The van der Waals surface area contributed by atoms with Gasteiger partial charge in [0, 0.05) is 72.1 Å². The lowest BCUT2D eigenvalue weighted by Crippen LogP contribution is -2.47. The molecule has 212 valence electrons. The van der Waals surface area contributed by atoms with Crippen molar-refractivity contribution in [3.05, 3.63) is 88.5 Å². The Morgan fingerprint density at radius 1 is 1.00 bits per heavy atom. The van der Waals surface area contributed by atoms with Crippen LogP contribution < -0.4 is 14.9 Å². The molecular formula is C30H37N5O3S2. The van der Waals surface area contributed by atoms with Crippen molar-refractivity contribution in [2.24, 2.45) is 5.92 Å². The molecule has 1 unspecified atom stereocenters. The topological polar surface area (TPSA) is 90.8 Å². The summed E-state index contributed by atoms with van der Waals surface area (Å²) >= 11 is 2.77. The molecular weight excluding hydrogens is 542 g/mol. The van der Waals surface area contributed by atoms with Crippen molar-refractivity contribution in [3.8, 4) is 0 Å². The van der Waals surface area contributed by atoms with Crippen LogP contribution in [-0.2, 0) is 0 Å². The average molecular weight is 580 g/mol. The number of benzene rings is 3. The summed E-state index contributed by atoms with van der Waals surface area (Å²) in [5, 5.41) is 14.8. The van der Waals surface area contributed by atoms with Crippen LogP contribution in [0.15, 0.2) is 82.6 Å². The molecule has 0 radical (unpaired) electrons. The van der Waals surface area contributed by atoms with Crippen molar-refractivity contribution in [2.75, 3.05) is 55.2 Å². The fourth-order valence-corrected chi connectivity index (χ4v) is 5.92. The molecule has 1 amide bonds. The SMILES string of the molecule is CCC(C)CN1CCN(c2ccc(C(=O)NSc3ccc(NCCSc4ccccc4)c([N+](=O)[O-])c3)cc2)CC1. The third kappa shape index (κ3) is 8.64. The zero-order valence-electron chi connectivity index (χ0n) is 23.0. The Bertz CT molecular complexity index is 1250. The van der Waals surface area contributed by atoms with Crippen molar-refractivity contribution >= 4 is 46.7 Å². The molecule has 0 bridgehead atoms. The van der Waals surface area contributed by atoms with Crippen LogP contribution in [-0.4, -0.2) is 60.8 Å². The zero-order valence-corrected chi connectivity index (χ0v) is 24.7. The number of hydrogen-bond donors (Lipinski definition) is 2. The van der Waals surface area contributed by atoms with Gasteiger partial charge in [-0.3, -0.25) is 24.5 Å². The van der Waals surface area contributed by atoms with Gasteiger partial charge in [0.2, 0.25) is 0 Å². The van der Waals surface area contributed by atoms with E-state index < -0.39 is 4.92 Å². The molecule has 2 N–H and O–H groups in total. The van der Waals surface area contributed by atoms with E-state index >= 15 is 0 Å². The Balaban J connectivity index is 1.26. The number of carbonyl (C=O) groups is 1. The maximum absolute atomic E-state index is 12.8. The smallest absolute Gasteiger partial charge is 0.293 e. The molecule has 1 fully saturated rings. The van der Waals surface area contributed by atoms with E-state index in [-0.39, 0.29) is 11.6 Å². The fraction of sp³-hybridized carbons (Fsp3) is 0.367. The molecule has 1 atom stereocenters. The number of thioether (sulfide) groups is 1. The van der Waals surface area contributed by atoms with Gasteiger partial charge in [-0.15, -0.1) is 11.8 Å². The number of amides is 1. The molecule has 1 aliphatic rings. The third-order valence-electron chi connectivity index (χ3n) is 6.99. The van der Waals surface area contributed by atoms with E-state index in [0.717, 1.165) is 66.9 Å². The first-order valence-corrected chi connectivity index (χ1v) is 15.5. The van der Waals surface area contributed by atoms with Crippen LogP contribution in [0.25, 0.3) is 0 Å². The van der Waals surface area contributed by atoms with Crippen LogP contribution >= 0.6 is 23.7 Å². The number of carbonyl (C=O) groups excluding carboxylic acids is 1. The normalized spacial score (nSPS) is 14.5. The van der Waals surface area contributed by atoms with Crippen LogP contribution in [0.1, 0.15) is 30.6 Å². The van der Waals surface area contributed by atoms with Crippen molar-refractivity contribution in [1.82, 2.24) is 9.62 Å². The third-order valence-corrected chi connectivity index (χ3v) is 8.78. The minimum atomic E-state index is -0.401. The van der Waals surface area contributed by atoms with Gasteiger partial charge in [0.15, 0.2) is 0 Å². The highest BCUT2D eigenvalue weighted by atomic mass is 32.2. The molecule has 3 aromatic carbocycles. The first-order chi connectivity index (χ1) is 19.4. The highest BCUT2D eigenvalue weighted by molar-refractivity contribution is 7.99. The number of nitrogens with zero attached hydrogens (tertiary/aromatic N) is 3. The molecule has 8 nitrogen and oxygen atoms in total. The molecule has 40 heavy (non-hydrogen) atoms. The van der Waals surface area contributed by atoms with E-state index in [9.17, 15) is 14.9 Å². The number of rotatable bonds is 13. The van der Waals surface area contributed by atoms with E-state index in [1.165, 1.54) is 12.5 Å². The van der Waals surface area contributed by atoms with Gasteiger partial charge in [0.05, 0.1) is 4.92 Å². The standard InChI is InChI=1S/C30H37N5O3S2/c1-3-23(2)22-33-16-18-34(19-17-33)25-11-9-24(10-12-25)30(36)32-40-27-13-14-28(29(21-27)35(37)38)31-15-20-39-26-7-5-4-6-8-26/h4-14,21,23,31H,3,15-20,22H2,1-2H3,(H,32,36). The van der Waals surface area contributed by atoms with Gasteiger partial charge in [-0.05, 0) is 66.4 Å². The summed E-state index contributed by atoms with van der Waals surface area (Å²) in [4.78, 5) is 30.7. The van der Waals surface area contributed by atoms with E-state index in [1.807, 2.05) is 54.6 Å². The molecule has 4 rings (SSSR count). The first-order valence-electron chi connectivity index (χ1n) is 13.7. The summed E-state index contributed by atoms with van der Waals surface area (Å²) in [5.41, 5.74) is 2.12. The van der Waals surface area contributed by atoms with Crippen molar-refractivity contribution in [2.45, 2.75) is 30.1 Å². The number of nitrogens with one attached hydrogen (secondary N) is 2. The van der Waals surface area contributed by atoms with Crippen LogP contribution in [0.2, 0.25) is 0 Å². The molecule has 0 aromatic heterocycles. The number of nitro groups is 1. The summed E-state index contributed by atoms with van der Waals surface area (Å²) in [6.07, 6.45) is 1.20. The Hall–Kier alpha value is -3.21. The molecule has 1 saturated heterocycles. The van der Waals surface area contributed by atoms with Gasteiger partial charge >= 0.3 is 0 Å². The van der Waals surface area contributed by atoms with E-state index in [2.05, 4.69) is 33.7 Å².